The number of nitrogens with one attached hydrogen (secondary N) is 2. The van der Waals surface area contributed by atoms with Gasteiger partial charge in [-0.15, -0.1) is 0 Å². The minimum absolute atomic E-state index is 0.0796. The molecule has 2 amide bonds. The summed E-state index contributed by atoms with van der Waals surface area (Å²) in [4.78, 5) is 28.3. The molecular weight excluding hydrogens is 298 g/mol. The van der Waals surface area contributed by atoms with E-state index < -0.39 is 5.92 Å². The molecule has 0 aliphatic carbocycles. The van der Waals surface area contributed by atoms with E-state index in [1.54, 1.807) is 43.0 Å². The number of nitrogens with zero attached hydrogens (tertiary/aromatic N) is 3. The number of fused-ring (bicyclic) bond motifs is 1. The van der Waals surface area contributed by atoms with E-state index in [-0.39, 0.29) is 18.2 Å². The molecule has 1 aliphatic heterocycles. The van der Waals surface area contributed by atoms with Crippen LogP contribution in [0.15, 0.2) is 24.3 Å². The van der Waals surface area contributed by atoms with E-state index in [9.17, 15) is 9.59 Å². The second-order valence-electron chi connectivity index (χ2n) is 5.33. The highest BCUT2D eigenvalue weighted by molar-refractivity contribution is 5.98. The minimum atomic E-state index is -0.471. The lowest BCUT2D eigenvalue weighted by molar-refractivity contribution is -0.125. The first-order chi connectivity index (χ1) is 11.0. The molecule has 8 nitrogen and oxygen atoms in total. The topological polar surface area (TPSA) is 98.1 Å². The Hall–Kier alpha value is -2.90. The van der Waals surface area contributed by atoms with Crippen molar-refractivity contribution in [3.8, 4) is 5.75 Å². The molecule has 0 fully saturated rings. The second kappa shape index (κ2) is 6.07. The molecule has 1 aromatic carbocycles. The average molecular weight is 315 g/mol. The van der Waals surface area contributed by atoms with E-state index in [1.807, 2.05) is 0 Å². The van der Waals surface area contributed by atoms with Gasteiger partial charge in [0.25, 0.3) is 0 Å². The SMILES string of the molecule is COc1ccc(NC(=O)C[C@H]2Cn3nc(C)nc3NC2=O)cc1. The molecule has 0 unspecified atom stereocenters. The van der Waals surface area contributed by atoms with Crippen LogP contribution in [-0.4, -0.2) is 33.7 Å². The molecule has 2 N–H and O–H groups in total. The third-order valence-electron chi connectivity index (χ3n) is 3.58. The number of benzene rings is 1. The number of ether oxygens (including phenoxy) is 1. The van der Waals surface area contributed by atoms with Crippen molar-refractivity contribution in [2.75, 3.05) is 17.7 Å². The van der Waals surface area contributed by atoms with Crippen LogP contribution in [0.5, 0.6) is 5.75 Å². The van der Waals surface area contributed by atoms with Gasteiger partial charge in [0, 0.05) is 12.1 Å². The van der Waals surface area contributed by atoms with Gasteiger partial charge in [0.2, 0.25) is 17.8 Å². The Bertz CT molecular complexity index is 738. The Kier molecular flexibility index (Phi) is 3.96. The first kappa shape index (κ1) is 15.0. The van der Waals surface area contributed by atoms with Crippen LogP contribution in [0, 0.1) is 12.8 Å². The molecule has 0 saturated carbocycles. The zero-order valence-electron chi connectivity index (χ0n) is 12.9. The number of carbonyl (C=O) groups excluding carboxylic acids is 2. The second-order valence-corrected chi connectivity index (χ2v) is 5.33. The number of anilines is 2. The molecule has 3 rings (SSSR count). The van der Waals surface area contributed by atoms with E-state index in [0.717, 1.165) is 0 Å². The molecule has 1 atom stereocenters. The van der Waals surface area contributed by atoms with Gasteiger partial charge in [-0.05, 0) is 31.2 Å². The molecule has 1 aromatic heterocycles. The number of aryl methyl sites for hydroxylation is 1. The van der Waals surface area contributed by atoms with Crippen LogP contribution in [-0.2, 0) is 16.1 Å². The minimum Gasteiger partial charge on any atom is -0.497 e. The summed E-state index contributed by atoms with van der Waals surface area (Å²) < 4.78 is 6.68. The maximum atomic E-state index is 12.1. The van der Waals surface area contributed by atoms with Gasteiger partial charge in [-0.25, -0.2) is 4.68 Å². The number of carbonyl (C=O) groups is 2. The lowest BCUT2D eigenvalue weighted by Gasteiger charge is -2.21. The summed E-state index contributed by atoms with van der Waals surface area (Å²) in [6, 6.07) is 7.01. The van der Waals surface area contributed by atoms with Crippen molar-refractivity contribution in [3.63, 3.8) is 0 Å². The Morgan fingerprint density at radius 1 is 1.43 bits per heavy atom. The zero-order valence-corrected chi connectivity index (χ0v) is 12.9. The summed E-state index contributed by atoms with van der Waals surface area (Å²) in [5, 5.41) is 9.63. The fourth-order valence-electron chi connectivity index (χ4n) is 2.45. The molecule has 8 heteroatoms. The lowest BCUT2D eigenvalue weighted by Crippen LogP contribution is -2.36. The summed E-state index contributed by atoms with van der Waals surface area (Å²) in [7, 11) is 1.58. The van der Waals surface area contributed by atoms with Crippen LogP contribution in [0.2, 0.25) is 0 Å². The van der Waals surface area contributed by atoms with E-state index in [0.29, 0.717) is 29.8 Å². The van der Waals surface area contributed by atoms with Gasteiger partial charge < -0.3 is 10.1 Å². The maximum absolute atomic E-state index is 12.1. The molecule has 0 spiro atoms. The van der Waals surface area contributed by atoms with Crippen molar-refractivity contribution >= 4 is 23.5 Å². The molecule has 2 heterocycles. The van der Waals surface area contributed by atoms with Crippen LogP contribution in [0.3, 0.4) is 0 Å². The van der Waals surface area contributed by atoms with Gasteiger partial charge in [-0.2, -0.15) is 10.1 Å². The van der Waals surface area contributed by atoms with Crippen molar-refractivity contribution in [1.29, 1.82) is 0 Å². The van der Waals surface area contributed by atoms with E-state index >= 15 is 0 Å². The fourth-order valence-corrected chi connectivity index (χ4v) is 2.45. The lowest BCUT2D eigenvalue weighted by atomic mass is 10.0. The molecule has 2 aromatic rings. The van der Waals surface area contributed by atoms with E-state index in [4.69, 9.17) is 4.74 Å². The van der Waals surface area contributed by atoms with E-state index in [2.05, 4.69) is 20.7 Å². The number of amides is 2. The van der Waals surface area contributed by atoms with Crippen molar-refractivity contribution in [2.24, 2.45) is 5.92 Å². The molecule has 1 aliphatic rings. The highest BCUT2D eigenvalue weighted by Crippen LogP contribution is 2.20. The first-order valence-corrected chi connectivity index (χ1v) is 7.21. The zero-order chi connectivity index (χ0) is 16.4. The van der Waals surface area contributed by atoms with Gasteiger partial charge in [-0.1, -0.05) is 0 Å². The normalized spacial score (nSPS) is 16.4. The number of hydrogen-bond acceptors (Lipinski definition) is 5. The standard InChI is InChI=1S/C15H17N5O3/c1-9-16-15-18-14(22)10(8-20(15)19-9)7-13(21)17-11-3-5-12(23-2)6-4-11/h3-6,10H,7-8H2,1-2H3,(H,17,21)(H,16,18,19,22)/t10-/m0/s1. The predicted molar refractivity (Wildman–Crippen MR) is 83.1 cm³/mol. The van der Waals surface area contributed by atoms with Crippen LogP contribution < -0.4 is 15.4 Å². The monoisotopic (exact) mass is 315 g/mol. The molecule has 0 bridgehead atoms. The highest BCUT2D eigenvalue weighted by Gasteiger charge is 2.29. The Morgan fingerprint density at radius 2 is 2.17 bits per heavy atom. The van der Waals surface area contributed by atoms with Crippen molar-refractivity contribution in [1.82, 2.24) is 14.8 Å². The number of hydrogen-bond donors (Lipinski definition) is 2. The quantitative estimate of drug-likeness (QED) is 0.883. The molecule has 23 heavy (non-hydrogen) atoms. The average Bonchev–Trinajstić information content (AvgIpc) is 2.87. The van der Waals surface area contributed by atoms with Gasteiger partial charge in [0.1, 0.15) is 11.6 Å². The first-order valence-electron chi connectivity index (χ1n) is 7.21. The number of methoxy groups -OCH3 is 1. The summed E-state index contributed by atoms with van der Waals surface area (Å²) in [6.45, 7) is 2.10. The van der Waals surface area contributed by atoms with Gasteiger partial charge in [0.15, 0.2) is 0 Å². The van der Waals surface area contributed by atoms with Crippen LogP contribution >= 0.6 is 0 Å². The van der Waals surface area contributed by atoms with Gasteiger partial charge in [0.05, 0.1) is 19.6 Å². The van der Waals surface area contributed by atoms with Crippen LogP contribution in [0.25, 0.3) is 0 Å². The molecular formula is C15H17N5O3. The summed E-state index contributed by atoms with van der Waals surface area (Å²) in [5.74, 6) is 0.818. The van der Waals surface area contributed by atoms with Gasteiger partial charge in [-0.3, -0.25) is 14.9 Å². The third-order valence-corrected chi connectivity index (χ3v) is 3.58. The van der Waals surface area contributed by atoms with Crippen LogP contribution in [0.4, 0.5) is 11.6 Å². The summed E-state index contributed by atoms with van der Waals surface area (Å²) in [6.07, 6.45) is 0.0796. The smallest absolute Gasteiger partial charge is 0.232 e. The van der Waals surface area contributed by atoms with E-state index in [1.165, 1.54) is 0 Å². The molecule has 0 saturated heterocycles. The van der Waals surface area contributed by atoms with Crippen molar-refractivity contribution in [3.05, 3.63) is 30.1 Å². The highest BCUT2D eigenvalue weighted by atomic mass is 16.5. The third kappa shape index (κ3) is 3.31. The summed E-state index contributed by atoms with van der Waals surface area (Å²) >= 11 is 0. The molecule has 0 radical (unpaired) electrons. The number of rotatable bonds is 4. The fraction of sp³-hybridized carbons (Fsp3) is 0.333. The molecule has 120 valence electrons. The number of aromatic nitrogens is 3. The predicted octanol–water partition coefficient (Wildman–Crippen LogP) is 1.19. The van der Waals surface area contributed by atoms with Crippen molar-refractivity contribution < 1.29 is 14.3 Å². The van der Waals surface area contributed by atoms with Gasteiger partial charge >= 0.3 is 0 Å². The summed E-state index contributed by atoms with van der Waals surface area (Å²) in [5.41, 5.74) is 0.657. The largest absolute Gasteiger partial charge is 0.497 e. The maximum Gasteiger partial charge on any atom is 0.232 e. The Labute approximate surface area is 132 Å². The Morgan fingerprint density at radius 3 is 2.87 bits per heavy atom. The van der Waals surface area contributed by atoms with Crippen molar-refractivity contribution in [2.45, 2.75) is 19.9 Å². The van der Waals surface area contributed by atoms with Crippen LogP contribution in [0.1, 0.15) is 12.2 Å². The Balaban J connectivity index is 1.62.